The van der Waals surface area contributed by atoms with Crippen molar-refractivity contribution in [3.8, 4) is 0 Å². The maximum absolute atomic E-state index is 5.86. The fraction of sp³-hybridized carbons (Fsp3) is 1.00. The molecular formula is C22H44N4O. The van der Waals surface area contributed by atoms with Gasteiger partial charge in [0.2, 0.25) is 0 Å². The molecule has 0 aromatic carbocycles. The highest BCUT2D eigenvalue weighted by Gasteiger charge is 2.36. The Morgan fingerprint density at radius 1 is 0.741 bits per heavy atom. The molecule has 0 amide bonds. The van der Waals surface area contributed by atoms with Crippen LogP contribution in [0.2, 0.25) is 0 Å². The summed E-state index contributed by atoms with van der Waals surface area (Å²) in [5, 5.41) is 0. The summed E-state index contributed by atoms with van der Waals surface area (Å²) >= 11 is 0. The first-order valence-corrected chi connectivity index (χ1v) is 11.2. The van der Waals surface area contributed by atoms with Gasteiger partial charge in [0.15, 0.2) is 0 Å². The van der Waals surface area contributed by atoms with Crippen LogP contribution in [0.4, 0.5) is 0 Å². The van der Waals surface area contributed by atoms with Crippen LogP contribution in [0.5, 0.6) is 0 Å². The third-order valence-electron chi connectivity index (χ3n) is 6.68. The third kappa shape index (κ3) is 6.14. The zero-order chi connectivity index (χ0) is 19.7. The Morgan fingerprint density at radius 3 is 1.81 bits per heavy atom. The van der Waals surface area contributed by atoms with Crippen molar-refractivity contribution in [3.05, 3.63) is 0 Å². The highest BCUT2D eigenvalue weighted by molar-refractivity contribution is 4.93. The molecule has 0 bridgehead atoms. The van der Waals surface area contributed by atoms with Gasteiger partial charge in [0.25, 0.3) is 0 Å². The molecule has 0 aromatic heterocycles. The second-order valence-electron chi connectivity index (χ2n) is 10.8. The Balaban J connectivity index is 1.30. The maximum Gasteiger partial charge on any atom is 0.0600 e. The van der Waals surface area contributed by atoms with Gasteiger partial charge in [-0.15, -0.1) is 0 Å². The Hall–Kier alpha value is -0.200. The van der Waals surface area contributed by atoms with E-state index < -0.39 is 0 Å². The van der Waals surface area contributed by atoms with E-state index in [1.54, 1.807) is 0 Å². The van der Waals surface area contributed by atoms with Crippen molar-refractivity contribution >= 4 is 0 Å². The van der Waals surface area contributed by atoms with Crippen molar-refractivity contribution in [2.75, 3.05) is 65.5 Å². The molecule has 3 rings (SSSR count). The molecule has 3 aliphatic rings. The van der Waals surface area contributed by atoms with E-state index in [2.05, 4.69) is 61.1 Å². The van der Waals surface area contributed by atoms with Crippen LogP contribution in [-0.4, -0.2) is 108 Å². The Morgan fingerprint density at radius 2 is 1.30 bits per heavy atom. The molecule has 0 atom stereocenters. The van der Waals surface area contributed by atoms with Crippen LogP contribution in [0.25, 0.3) is 0 Å². The highest BCUT2D eigenvalue weighted by Crippen LogP contribution is 2.25. The summed E-state index contributed by atoms with van der Waals surface area (Å²) in [7, 11) is 0. The van der Waals surface area contributed by atoms with Gasteiger partial charge >= 0.3 is 0 Å². The van der Waals surface area contributed by atoms with Crippen LogP contribution in [0.1, 0.15) is 54.4 Å². The van der Waals surface area contributed by atoms with Gasteiger partial charge in [-0.2, -0.15) is 0 Å². The molecule has 27 heavy (non-hydrogen) atoms. The van der Waals surface area contributed by atoms with Crippen LogP contribution < -0.4 is 0 Å². The van der Waals surface area contributed by atoms with E-state index in [9.17, 15) is 0 Å². The number of likely N-dealkylation sites (tertiary alicyclic amines) is 2. The second kappa shape index (κ2) is 8.66. The Kier molecular flexibility index (Phi) is 6.90. The lowest BCUT2D eigenvalue weighted by Gasteiger charge is -2.50. The number of piperazine rings is 1. The fourth-order valence-electron chi connectivity index (χ4n) is 4.81. The van der Waals surface area contributed by atoms with Crippen LogP contribution >= 0.6 is 0 Å². The lowest BCUT2D eigenvalue weighted by Crippen LogP contribution is -2.63. The van der Waals surface area contributed by atoms with Gasteiger partial charge in [-0.25, -0.2) is 0 Å². The molecule has 0 saturated carbocycles. The normalized spacial score (nSPS) is 26.4. The molecule has 0 N–H and O–H groups in total. The van der Waals surface area contributed by atoms with E-state index in [4.69, 9.17) is 4.74 Å². The molecule has 158 valence electrons. The van der Waals surface area contributed by atoms with Crippen molar-refractivity contribution in [1.29, 1.82) is 0 Å². The number of hydrogen-bond donors (Lipinski definition) is 0. The van der Waals surface area contributed by atoms with Crippen LogP contribution in [0, 0.1) is 0 Å². The minimum Gasteiger partial charge on any atom is -0.375 e. The van der Waals surface area contributed by atoms with Crippen LogP contribution in [0.3, 0.4) is 0 Å². The largest absolute Gasteiger partial charge is 0.375 e. The minimum absolute atomic E-state index is 0.00941. The van der Waals surface area contributed by atoms with Crippen molar-refractivity contribution in [2.24, 2.45) is 0 Å². The van der Waals surface area contributed by atoms with Gasteiger partial charge in [0.1, 0.15) is 0 Å². The summed E-state index contributed by atoms with van der Waals surface area (Å²) < 4.78 is 5.86. The van der Waals surface area contributed by atoms with Crippen LogP contribution in [-0.2, 0) is 4.74 Å². The molecule has 0 spiro atoms. The summed E-state index contributed by atoms with van der Waals surface area (Å²) in [5.41, 5.74) is 0.313. The van der Waals surface area contributed by atoms with E-state index in [1.807, 2.05) is 0 Å². The number of ether oxygens (including phenoxy) is 1. The van der Waals surface area contributed by atoms with Crippen molar-refractivity contribution < 1.29 is 4.74 Å². The molecule has 3 aliphatic heterocycles. The number of rotatable bonds is 5. The first kappa shape index (κ1) is 21.5. The number of piperidine rings is 1. The monoisotopic (exact) mass is 380 g/mol. The summed E-state index contributed by atoms with van der Waals surface area (Å²) in [6.45, 7) is 25.4. The Labute approximate surface area is 168 Å². The first-order chi connectivity index (χ1) is 12.6. The molecule has 3 fully saturated rings. The number of hydrogen-bond acceptors (Lipinski definition) is 5. The first-order valence-electron chi connectivity index (χ1n) is 11.2. The van der Waals surface area contributed by atoms with E-state index in [0.29, 0.717) is 5.54 Å². The van der Waals surface area contributed by atoms with Crippen LogP contribution in [0.15, 0.2) is 0 Å². The van der Waals surface area contributed by atoms with Crippen molar-refractivity contribution in [2.45, 2.75) is 77.6 Å². The number of nitrogens with zero attached hydrogens (tertiary/aromatic N) is 4. The summed E-state index contributed by atoms with van der Waals surface area (Å²) in [6, 6.07) is 1.61. The lowest BCUT2D eigenvalue weighted by atomic mass is 9.97. The van der Waals surface area contributed by atoms with E-state index in [1.165, 1.54) is 65.2 Å². The fourth-order valence-corrected chi connectivity index (χ4v) is 4.81. The van der Waals surface area contributed by atoms with Gasteiger partial charge in [0, 0.05) is 76.5 Å². The van der Waals surface area contributed by atoms with Gasteiger partial charge in [0.05, 0.1) is 12.2 Å². The molecule has 0 aromatic rings. The SMILES string of the molecule is CC(C)(C)OCCN1CC(N2CCC(N3CCN(C(C)(C)C)CC3)CC2)C1. The molecule has 0 aliphatic carbocycles. The predicted octanol–water partition coefficient (Wildman–Crippen LogP) is 2.37. The van der Waals surface area contributed by atoms with Gasteiger partial charge < -0.3 is 4.74 Å². The predicted molar refractivity (Wildman–Crippen MR) is 113 cm³/mol. The van der Waals surface area contributed by atoms with E-state index in [0.717, 1.165) is 25.2 Å². The third-order valence-corrected chi connectivity index (χ3v) is 6.68. The van der Waals surface area contributed by atoms with Gasteiger partial charge in [-0.3, -0.25) is 19.6 Å². The molecule has 3 heterocycles. The minimum atomic E-state index is -0.00941. The van der Waals surface area contributed by atoms with Crippen molar-refractivity contribution in [3.63, 3.8) is 0 Å². The van der Waals surface area contributed by atoms with E-state index in [-0.39, 0.29) is 5.60 Å². The van der Waals surface area contributed by atoms with E-state index >= 15 is 0 Å². The Bertz CT molecular complexity index is 448. The molecular weight excluding hydrogens is 336 g/mol. The molecule has 5 nitrogen and oxygen atoms in total. The summed E-state index contributed by atoms with van der Waals surface area (Å²) in [6.07, 6.45) is 2.72. The summed E-state index contributed by atoms with van der Waals surface area (Å²) in [5.74, 6) is 0. The van der Waals surface area contributed by atoms with Gasteiger partial charge in [-0.05, 0) is 54.4 Å². The smallest absolute Gasteiger partial charge is 0.0600 e. The molecule has 3 saturated heterocycles. The maximum atomic E-state index is 5.86. The zero-order valence-electron chi connectivity index (χ0n) is 18.8. The average Bonchev–Trinajstić information content (AvgIpc) is 2.55. The summed E-state index contributed by atoms with van der Waals surface area (Å²) in [4.78, 5) is 10.7. The zero-order valence-corrected chi connectivity index (χ0v) is 18.8. The standard InChI is InChI=1S/C22H44N4O/c1-21(2,3)26-13-11-25(12-14-26)19-7-9-24(10-8-19)20-17-23(18-20)15-16-27-22(4,5)6/h19-20H,7-18H2,1-6H3. The highest BCUT2D eigenvalue weighted by atomic mass is 16.5. The second-order valence-corrected chi connectivity index (χ2v) is 10.8. The molecule has 0 radical (unpaired) electrons. The topological polar surface area (TPSA) is 22.2 Å². The average molecular weight is 381 g/mol. The lowest BCUT2D eigenvalue weighted by molar-refractivity contribution is -0.0439. The van der Waals surface area contributed by atoms with Gasteiger partial charge in [-0.1, -0.05) is 0 Å². The quantitative estimate of drug-likeness (QED) is 0.728. The van der Waals surface area contributed by atoms with Crippen molar-refractivity contribution in [1.82, 2.24) is 19.6 Å². The molecule has 0 unspecified atom stereocenters. The molecule has 5 heteroatoms.